The second kappa shape index (κ2) is 3.02. The maximum Gasteiger partial charge on any atom is 0.288 e. The van der Waals surface area contributed by atoms with Crippen LogP contribution in [-0.2, 0) is 0 Å². The van der Waals surface area contributed by atoms with Crippen LogP contribution < -0.4 is 5.73 Å². The maximum atomic E-state index is 10.8. The van der Waals surface area contributed by atoms with E-state index >= 15 is 0 Å². The van der Waals surface area contributed by atoms with Gasteiger partial charge >= 0.3 is 0 Å². The summed E-state index contributed by atoms with van der Waals surface area (Å²) in [6.07, 6.45) is 0. The molecule has 0 radical (unpaired) electrons. The Kier molecular flexibility index (Phi) is 1.85. The number of nitrogens with two attached hydrogens (primary N) is 1. The molecular weight excluding hydrogens is 180 g/mol. The number of rotatable bonds is 1. The SMILES string of the molecule is Cc1ccc2nnc(C(N)=O)nc2c1. The predicted molar refractivity (Wildman–Crippen MR) is 50.6 cm³/mol. The fourth-order valence-corrected chi connectivity index (χ4v) is 1.15. The van der Waals surface area contributed by atoms with Crippen molar-refractivity contribution in [1.82, 2.24) is 15.2 Å². The summed E-state index contributed by atoms with van der Waals surface area (Å²) in [7, 11) is 0. The highest BCUT2D eigenvalue weighted by molar-refractivity contribution is 5.90. The molecule has 0 atom stereocenters. The third kappa shape index (κ3) is 1.39. The van der Waals surface area contributed by atoms with Crippen molar-refractivity contribution >= 4 is 16.9 Å². The first-order chi connectivity index (χ1) is 6.66. The zero-order valence-corrected chi connectivity index (χ0v) is 7.56. The van der Waals surface area contributed by atoms with E-state index in [1.165, 1.54) is 0 Å². The highest BCUT2D eigenvalue weighted by Crippen LogP contribution is 2.09. The van der Waals surface area contributed by atoms with Crippen LogP contribution in [0.3, 0.4) is 0 Å². The smallest absolute Gasteiger partial charge is 0.288 e. The molecule has 70 valence electrons. The molecule has 0 bridgehead atoms. The fraction of sp³-hybridized carbons (Fsp3) is 0.111. The summed E-state index contributed by atoms with van der Waals surface area (Å²) in [5.41, 5.74) is 7.37. The molecule has 1 heterocycles. The summed E-state index contributed by atoms with van der Waals surface area (Å²) in [6.45, 7) is 1.94. The Bertz CT molecular complexity index is 509. The van der Waals surface area contributed by atoms with Gasteiger partial charge in [-0.25, -0.2) is 4.98 Å². The van der Waals surface area contributed by atoms with Gasteiger partial charge in [0.15, 0.2) is 0 Å². The van der Waals surface area contributed by atoms with Gasteiger partial charge in [0, 0.05) is 0 Å². The van der Waals surface area contributed by atoms with E-state index < -0.39 is 5.91 Å². The van der Waals surface area contributed by atoms with Gasteiger partial charge in [0.2, 0.25) is 5.82 Å². The standard InChI is InChI=1S/C9H8N4O/c1-5-2-3-6-7(4-5)11-9(8(10)14)13-12-6/h2-4H,1H3,(H2,10,14). The summed E-state index contributed by atoms with van der Waals surface area (Å²) in [5, 5.41) is 7.43. The number of benzene rings is 1. The molecule has 2 rings (SSSR count). The summed E-state index contributed by atoms with van der Waals surface area (Å²) < 4.78 is 0. The lowest BCUT2D eigenvalue weighted by Crippen LogP contribution is -2.16. The quantitative estimate of drug-likeness (QED) is 0.703. The molecule has 5 nitrogen and oxygen atoms in total. The van der Waals surface area contributed by atoms with Crippen LogP contribution in [0, 0.1) is 6.92 Å². The van der Waals surface area contributed by atoms with Gasteiger partial charge in [-0.1, -0.05) is 6.07 Å². The van der Waals surface area contributed by atoms with Crippen molar-refractivity contribution in [3.8, 4) is 0 Å². The molecule has 0 saturated heterocycles. The number of nitrogens with zero attached hydrogens (tertiary/aromatic N) is 3. The highest BCUT2D eigenvalue weighted by Gasteiger charge is 2.06. The minimum atomic E-state index is -0.666. The van der Waals surface area contributed by atoms with Gasteiger partial charge in [-0.15, -0.1) is 10.2 Å². The molecule has 1 aromatic heterocycles. The lowest BCUT2D eigenvalue weighted by atomic mass is 10.2. The second-order valence-electron chi connectivity index (χ2n) is 2.99. The highest BCUT2D eigenvalue weighted by atomic mass is 16.1. The van der Waals surface area contributed by atoms with Gasteiger partial charge in [0.25, 0.3) is 5.91 Å². The van der Waals surface area contributed by atoms with Gasteiger partial charge in [0.05, 0.1) is 5.52 Å². The van der Waals surface area contributed by atoms with E-state index in [0.717, 1.165) is 5.56 Å². The number of primary amides is 1. The molecule has 0 unspecified atom stereocenters. The average molecular weight is 188 g/mol. The fourth-order valence-electron chi connectivity index (χ4n) is 1.15. The lowest BCUT2D eigenvalue weighted by Gasteiger charge is -1.98. The van der Waals surface area contributed by atoms with Crippen LogP contribution in [0.25, 0.3) is 11.0 Å². The number of aryl methyl sites for hydroxylation is 1. The van der Waals surface area contributed by atoms with E-state index in [4.69, 9.17) is 5.73 Å². The maximum absolute atomic E-state index is 10.8. The molecule has 0 aliphatic rings. The summed E-state index contributed by atoms with van der Waals surface area (Å²) in [4.78, 5) is 14.8. The van der Waals surface area contributed by atoms with Crippen LogP contribution >= 0.6 is 0 Å². The van der Waals surface area contributed by atoms with E-state index in [0.29, 0.717) is 11.0 Å². The molecule has 0 saturated carbocycles. The molecule has 0 aliphatic carbocycles. The van der Waals surface area contributed by atoms with Crippen molar-refractivity contribution in [2.45, 2.75) is 6.92 Å². The largest absolute Gasteiger partial charge is 0.363 e. The van der Waals surface area contributed by atoms with Crippen molar-refractivity contribution in [2.24, 2.45) is 5.73 Å². The Balaban J connectivity index is 2.69. The topological polar surface area (TPSA) is 81.8 Å². The zero-order chi connectivity index (χ0) is 10.1. The van der Waals surface area contributed by atoms with Gasteiger partial charge < -0.3 is 5.73 Å². The van der Waals surface area contributed by atoms with Crippen LogP contribution in [0.4, 0.5) is 0 Å². The van der Waals surface area contributed by atoms with Crippen molar-refractivity contribution in [3.05, 3.63) is 29.6 Å². The minimum Gasteiger partial charge on any atom is -0.363 e. The van der Waals surface area contributed by atoms with Crippen LogP contribution in [-0.4, -0.2) is 21.1 Å². The predicted octanol–water partition coefficient (Wildman–Crippen LogP) is 0.432. The molecule has 1 amide bonds. The summed E-state index contributed by atoms with van der Waals surface area (Å²) >= 11 is 0. The Morgan fingerprint density at radius 2 is 2.07 bits per heavy atom. The molecule has 0 aliphatic heterocycles. The molecule has 0 fully saturated rings. The van der Waals surface area contributed by atoms with E-state index in [-0.39, 0.29) is 5.82 Å². The average Bonchev–Trinajstić information content (AvgIpc) is 2.16. The van der Waals surface area contributed by atoms with Crippen molar-refractivity contribution in [1.29, 1.82) is 0 Å². The van der Waals surface area contributed by atoms with Gasteiger partial charge in [0.1, 0.15) is 5.52 Å². The van der Waals surface area contributed by atoms with Crippen LogP contribution in [0.1, 0.15) is 16.2 Å². The van der Waals surface area contributed by atoms with Gasteiger partial charge in [-0.3, -0.25) is 4.79 Å². The normalized spacial score (nSPS) is 10.4. The van der Waals surface area contributed by atoms with Crippen molar-refractivity contribution in [2.75, 3.05) is 0 Å². The summed E-state index contributed by atoms with van der Waals surface area (Å²) in [6, 6.07) is 5.54. The molecule has 14 heavy (non-hydrogen) atoms. The Hall–Kier alpha value is -2.04. The Labute approximate surface area is 80.0 Å². The molecular formula is C9H8N4O. The molecule has 2 N–H and O–H groups in total. The lowest BCUT2D eigenvalue weighted by molar-refractivity contribution is 0.0989. The monoisotopic (exact) mass is 188 g/mol. The first-order valence-corrected chi connectivity index (χ1v) is 4.08. The summed E-state index contributed by atoms with van der Waals surface area (Å²) in [5.74, 6) is -0.719. The second-order valence-corrected chi connectivity index (χ2v) is 2.99. The first kappa shape index (κ1) is 8.55. The number of carbonyl (C=O) groups is 1. The van der Waals surface area contributed by atoms with Crippen LogP contribution in [0.2, 0.25) is 0 Å². The number of carbonyl (C=O) groups excluding carboxylic acids is 1. The van der Waals surface area contributed by atoms with E-state index in [9.17, 15) is 4.79 Å². The number of aromatic nitrogens is 3. The van der Waals surface area contributed by atoms with E-state index in [2.05, 4.69) is 15.2 Å². The first-order valence-electron chi connectivity index (χ1n) is 4.08. The molecule has 2 aromatic rings. The van der Waals surface area contributed by atoms with Gasteiger partial charge in [-0.2, -0.15) is 0 Å². The van der Waals surface area contributed by atoms with E-state index in [1.807, 2.05) is 19.1 Å². The zero-order valence-electron chi connectivity index (χ0n) is 7.56. The van der Waals surface area contributed by atoms with Crippen LogP contribution in [0.5, 0.6) is 0 Å². The molecule has 1 aromatic carbocycles. The number of amides is 1. The number of fused-ring (bicyclic) bond motifs is 1. The Morgan fingerprint density at radius 3 is 2.79 bits per heavy atom. The third-order valence-corrected chi connectivity index (χ3v) is 1.83. The van der Waals surface area contributed by atoms with E-state index in [1.54, 1.807) is 6.07 Å². The number of hydrogen-bond acceptors (Lipinski definition) is 4. The third-order valence-electron chi connectivity index (χ3n) is 1.83. The minimum absolute atomic E-state index is 0.0527. The van der Waals surface area contributed by atoms with Crippen molar-refractivity contribution in [3.63, 3.8) is 0 Å². The van der Waals surface area contributed by atoms with Gasteiger partial charge in [-0.05, 0) is 24.6 Å². The molecule has 5 heteroatoms. The van der Waals surface area contributed by atoms with Crippen LogP contribution in [0.15, 0.2) is 18.2 Å². The van der Waals surface area contributed by atoms with Crippen molar-refractivity contribution < 1.29 is 4.79 Å². The molecule has 0 spiro atoms. The Morgan fingerprint density at radius 1 is 1.29 bits per heavy atom. The number of hydrogen-bond donors (Lipinski definition) is 1.